The Morgan fingerprint density at radius 3 is 1.30 bits per heavy atom. The number of hydrogen-bond acceptors (Lipinski definition) is 5. The zero-order valence-corrected chi connectivity index (χ0v) is 23.0. The Morgan fingerprint density at radius 1 is 0.475 bits per heavy atom. The Labute approximate surface area is 237 Å². The highest BCUT2D eigenvalue weighted by Gasteiger charge is 2.46. The first kappa shape index (κ1) is 28.2. The van der Waals surface area contributed by atoms with Crippen LogP contribution in [0.2, 0.25) is 0 Å². The van der Waals surface area contributed by atoms with Crippen LogP contribution in [0.5, 0.6) is 0 Å². The van der Waals surface area contributed by atoms with E-state index in [0.717, 1.165) is 22.3 Å². The number of ether oxygens (including phenoxy) is 5. The largest absolute Gasteiger partial charge is 0.374 e. The Balaban J connectivity index is 1.36. The number of hydrogen-bond donors (Lipinski definition) is 0. The van der Waals surface area contributed by atoms with Crippen molar-refractivity contribution in [1.82, 2.24) is 0 Å². The Bertz CT molecular complexity index is 1240. The van der Waals surface area contributed by atoms with E-state index < -0.39 is 6.10 Å². The molecule has 5 heteroatoms. The molecule has 5 atom stereocenters. The SMILES string of the molecule is CC1OC(COCc2ccccc2)[C@H](OCc2ccccc2)C(OCc2ccccc2)[C@H]1OCc1ccccc1. The molecule has 0 amide bonds. The molecule has 4 aromatic rings. The first-order valence-electron chi connectivity index (χ1n) is 14.0. The molecule has 40 heavy (non-hydrogen) atoms. The highest BCUT2D eigenvalue weighted by Crippen LogP contribution is 2.30. The summed E-state index contributed by atoms with van der Waals surface area (Å²) in [6, 6.07) is 40.8. The predicted octanol–water partition coefficient (Wildman–Crippen LogP) is 6.75. The molecule has 0 radical (unpaired) electrons. The summed E-state index contributed by atoms with van der Waals surface area (Å²) in [6.45, 7) is 4.29. The van der Waals surface area contributed by atoms with E-state index in [2.05, 4.69) is 48.5 Å². The van der Waals surface area contributed by atoms with Gasteiger partial charge >= 0.3 is 0 Å². The minimum absolute atomic E-state index is 0.216. The van der Waals surface area contributed by atoms with Crippen LogP contribution >= 0.6 is 0 Å². The Morgan fingerprint density at radius 2 is 0.850 bits per heavy atom. The molecule has 0 saturated carbocycles. The third kappa shape index (κ3) is 8.10. The minimum Gasteiger partial charge on any atom is -0.374 e. The van der Waals surface area contributed by atoms with E-state index in [1.165, 1.54) is 0 Å². The second-order valence-corrected chi connectivity index (χ2v) is 10.2. The average molecular weight is 539 g/mol. The Hall–Kier alpha value is -3.32. The molecule has 5 nitrogen and oxygen atoms in total. The molecule has 0 spiro atoms. The lowest BCUT2D eigenvalue weighted by atomic mass is 9.94. The minimum atomic E-state index is -0.392. The van der Waals surface area contributed by atoms with Crippen molar-refractivity contribution < 1.29 is 23.7 Å². The van der Waals surface area contributed by atoms with Crippen molar-refractivity contribution in [2.24, 2.45) is 0 Å². The highest BCUT2D eigenvalue weighted by atomic mass is 16.6. The molecule has 3 unspecified atom stereocenters. The van der Waals surface area contributed by atoms with Gasteiger partial charge in [-0.2, -0.15) is 0 Å². The quantitative estimate of drug-likeness (QED) is 0.189. The van der Waals surface area contributed by atoms with E-state index in [9.17, 15) is 0 Å². The molecule has 1 fully saturated rings. The zero-order chi connectivity index (χ0) is 27.4. The smallest absolute Gasteiger partial charge is 0.115 e. The van der Waals surface area contributed by atoms with Crippen LogP contribution < -0.4 is 0 Å². The second-order valence-electron chi connectivity index (χ2n) is 10.2. The summed E-state index contributed by atoms with van der Waals surface area (Å²) in [5.74, 6) is 0. The molecule has 0 bridgehead atoms. The van der Waals surface area contributed by atoms with Gasteiger partial charge in [0.05, 0.1) is 39.1 Å². The van der Waals surface area contributed by atoms with Crippen molar-refractivity contribution in [3.05, 3.63) is 144 Å². The van der Waals surface area contributed by atoms with Crippen LogP contribution in [-0.4, -0.2) is 37.1 Å². The van der Waals surface area contributed by atoms with E-state index in [4.69, 9.17) is 23.7 Å². The fourth-order valence-electron chi connectivity index (χ4n) is 5.02. The molecule has 4 aromatic carbocycles. The van der Waals surface area contributed by atoms with Gasteiger partial charge in [0.1, 0.15) is 24.4 Å². The van der Waals surface area contributed by atoms with Gasteiger partial charge in [0.2, 0.25) is 0 Å². The monoisotopic (exact) mass is 538 g/mol. The molecule has 0 aliphatic carbocycles. The summed E-state index contributed by atoms with van der Waals surface area (Å²) in [7, 11) is 0. The molecular weight excluding hydrogens is 500 g/mol. The van der Waals surface area contributed by atoms with Gasteiger partial charge in [-0.1, -0.05) is 121 Å². The van der Waals surface area contributed by atoms with Gasteiger partial charge in [-0.15, -0.1) is 0 Å². The summed E-state index contributed by atoms with van der Waals surface area (Å²) < 4.78 is 32.5. The molecule has 0 aromatic heterocycles. The van der Waals surface area contributed by atoms with Crippen molar-refractivity contribution in [2.75, 3.05) is 6.61 Å². The molecule has 1 aliphatic rings. The van der Waals surface area contributed by atoms with E-state index in [0.29, 0.717) is 33.0 Å². The molecule has 208 valence electrons. The van der Waals surface area contributed by atoms with Crippen LogP contribution in [0.3, 0.4) is 0 Å². The van der Waals surface area contributed by atoms with Crippen molar-refractivity contribution in [3.63, 3.8) is 0 Å². The maximum Gasteiger partial charge on any atom is 0.115 e. The van der Waals surface area contributed by atoms with Gasteiger partial charge in [-0.3, -0.25) is 0 Å². The van der Waals surface area contributed by atoms with Crippen LogP contribution in [0.4, 0.5) is 0 Å². The zero-order valence-electron chi connectivity index (χ0n) is 23.0. The summed E-state index contributed by atoms with van der Waals surface area (Å²) in [5, 5.41) is 0. The van der Waals surface area contributed by atoms with Crippen LogP contribution in [0, 0.1) is 0 Å². The van der Waals surface area contributed by atoms with E-state index in [1.807, 2.05) is 79.7 Å². The lowest BCUT2D eigenvalue weighted by molar-refractivity contribution is -0.269. The molecule has 1 saturated heterocycles. The maximum absolute atomic E-state index is 6.65. The number of benzene rings is 4. The number of rotatable bonds is 13. The predicted molar refractivity (Wildman–Crippen MR) is 155 cm³/mol. The third-order valence-corrected chi connectivity index (χ3v) is 7.12. The van der Waals surface area contributed by atoms with Gasteiger partial charge in [-0.25, -0.2) is 0 Å². The van der Waals surface area contributed by atoms with Crippen LogP contribution in [0.25, 0.3) is 0 Å². The van der Waals surface area contributed by atoms with Crippen molar-refractivity contribution in [1.29, 1.82) is 0 Å². The van der Waals surface area contributed by atoms with Crippen molar-refractivity contribution in [2.45, 2.75) is 63.9 Å². The summed E-state index contributed by atoms with van der Waals surface area (Å²) in [5.41, 5.74) is 4.41. The van der Waals surface area contributed by atoms with Gasteiger partial charge in [0.25, 0.3) is 0 Å². The van der Waals surface area contributed by atoms with Crippen LogP contribution in [0.1, 0.15) is 29.2 Å². The van der Waals surface area contributed by atoms with Crippen molar-refractivity contribution >= 4 is 0 Å². The summed E-state index contributed by atoms with van der Waals surface area (Å²) in [6.07, 6.45) is -1.61. The molecule has 1 heterocycles. The fourth-order valence-corrected chi connectivity index (χ4v) is 5.02. The topological polar surface area (TPSA) is 46.2 Å². The third-order valence-electron chi connectivity index (χ3n) is 7.12. The lowest BCUT2D eigenvalue weighted by Gasteiger charge is -2.45. The lowest BCUT2D eigenvalue weighted by Crippen LogP contribution is -2.60. The summed E-state index contributed by atoms with van der Waals surface area (Å²) >= 11 is 0. The van der Waals surface area contributed by atoms with Gasteiger partial charge in [-0.05, 0) is 29.2 Å². The first-order valence-corrected chi connectivity index (χ1v) is 14.0. The van der Waals surface area contributed by atoms with E-state index in [-0.39, 0.29) is 24.4 Å². The van der Waals surface area contributed by atoms with Crippen LogP contribution in [0.15, 0.2) is 121 Å². The highest BCUT2D eigenvalue weighted by molar-refractivity contribution is 5.16. The molecule has 0 N–H and O–H groups in total. The van der Waals surface area contributed by atoms with Crippen molar-refractivity contribution in [3.8, 4) is 0 Å². The molecule has 1 aliphatic heterocycles. The standard InChI is InChI=1S/C35H38O5/c1-27-33(37-23-29-16-8-3-9-17-29)35(39-25-31-20-12-5-13-21-31)34(38-24-30-18-10-4-11-19-30)32(40-27)26-36-22-28-14-6-2-7-15-28/h2-21,27,32-35H,22-26H2,1H3/t27?,32?,33-,34-,35?/m0/s1. The van der Waals surface area contributed by atoms with E-state index >= 15 is 0 Å². The fraction of sp³-hybridized carbons (Fsp3) is 0.314. The average Bonchev–Trinajstić information content (AvgIpc) is 3.01. The second kappa shape index (κ2) is 14.9. The molecular formula is C35H38O5. The van der Waals surface area contributed by atoms with Gasteiger partial charge in [0, 0.05) is 0 Å². The molecule has 5 rings (SSSR count). The van der Waals surface area contributed by atoms with Crippen LogP contribution in [-0.2, 0) is 50.1 Å². The Kier molecular flexibility index (Phi) is 10.5. The van der Waals surface area contributed by atoms with Gasteiger partial charge < -0.3 is 23.7 Å². The van der Waals surface area contributed by atoms with Gasteiger partial charge in [0.15, 0.2) is 0 Å². The summed E-state index contributed by atoms with van der Waals surface area (Å²) in [4.78, 5) is 0. The first-order chi connectivity index (χ1) is 19.8. The maximum atomic E-state index is 6.65. The van der Waals surface area contributed by atoms with E-state index in [1.54, 1.807) is 0 Å². The normalized spacial score (nSPS) is 22.7.